The van der Waals surface area contributed by atoms with Crippen LogP contribution < -0.4 is 23.4 Å². The summed E-state index contributed by atoms with van der Waals surface area (Å²) in [5, 5.41) is 21.7. The standard InChI is InChI=1S/C37H53N3O6Si/c1-35(2,3)47(9,10)46-30-19-24-11-12-26-25(27(24)20-29(30)42-5)13-15-36(4)28(26)14-16-37(36,41)33-22-40(39-38-33)21-23-17-31(43-6)34(45-8)32(18-23)44-7/h17-20,22,25-26,28,41H,11-16,21H2,1-10H3/t25-,26+,28-,36-,37+/m0/s1. The highest BCUT2D eigenvalue weighted by Gasteiger charge is 2.63. The topological polar surface area (TPSA) is 97.1 Å². The van der Waals surface area contributed by atoms with Crippen molar-refractivity contribution < 1.29 is 28.5 Å². The smallest absolute Gasteiger partial charge is 0.250 e. The Bertz CT molecular complexity index is 1610. The molecule has 0 unspecified atom stereocenters. The van der Waals surface area contributed by atoms with Crippen LogP contribution in [0.15, 0.2) is 30.5 Å². The number of hydrogen-bond acceptors (Lipinski definition) is 8. The summed E-state index contributed by atoms with van der Waals surface area (Å²) in [4.78, 5) is 0. The highest BCUT2D eigenvalue weighted by Crippen LogP contribution is 2.67. The lowest BCUT2D eigenvalue weighted by molar-refractivity contribution is -0.111. The van der Waals surface area contributed by atoms with Crippen LogP contribution in [0.25, 0.3) is 0 Å². The van der Waals surface area contributed by atoms with E-state index < -0.39 is 13.9 Å². The van der Waals surface area contributed by atoms with Gasteiger partial charge in [0.05, 0.1) is 41.2 Å². The molecule has 6 rings (SSSR count). The number of aryl methyl sites for hydroxylation is 1. The van der Waals surface area contributed by atoms with Crippen molar-refractivity contribution >= 4 is 8.32 Å². The molecule has 3 aliphatic carbocycles. The minimum Gasteiger partial charge on any atom is -0.541 e. The first-order valence-electron chi connectivity index (χ1n) is 17.0. The Balaban J connectivity index is 1.24. The van der Waals surface area contributed by atoms with Gasteiger partial charge in [-0.1, -0.05) is 32.9 Å². The van der Waals surface area contributed by atoms with Crippen LogP contribution in [0.5, 0.6) is 28.7 Å². The molecule has 3 aliphatic rings. The van der Waals surface area contributed by atoms with Gasteiger partial charge >= 0.3 is 0 Å². The summed E-state index contributed by atoms with van der Waals surface area (Å²) in [5.41, 5.74) is 3.09. The molecule has 1 N–H and O–H groups in total. The summed E-state index contributed by atoms with van der Waals surface area (Å²) in [6.07, 6.45) is 7.69. The molecule has 47 heavy (non-hydrogen) atoms. The Kier molecular flexibility index (Phi) is 8.61. The van der Waals surface area contributed by atoms with Crippen LogP contribution in [0.3, 0.4) is 0 Å². The average Bonchev–Trinajstić information content (AvgIpc) is 3.61. The van der Waals surface area contributed by atoms with Crippen molar-refractivity contribution in [3.05, 3.63) is 52.8 Å². The Morgan fingerprint density at radius 3 is 2.19 bits per heavy atom. The first kappa shape index (κ1) is 33.7. The number of ether oxygens (including phenoxy) is 4. The van der Waals surface area contributed by atoms with E-state index in [2.05, 4.69) is 63.2 Å². The molecule has 2 aromatic carbocycles. The zero-order valence-electron chi connectivity index (χ0n) is 29.9. The normalized spacial score (nSPS) is 27.0. The van der Waals surface area contributed by atoms with Crippen molar-refractivity contribution in [1.82, 2.24) is 15.0 Å². The van der Waals surface area contributed by atoms with Crippen molar-refractivity contribution in [1.29, 1.82) is 0 Å². The third-order valence-electron chi connectivity index (χ3n) is 12.4. The monoisotopic (exact) mass is 663 g/mol. The summed E-state index contributed by atoms with van der Waals surface area (Å²) in [6, 6.07) is 8.39. The molecule has 1 aromatic heterocycles. The van der Waals surface area contributed by atoms with Crippen LogP contribution >= 0.6 is 0 Å². The maximum atomic E-state index is 12.5. The molecule has 5 atom stereocenters. The van der Waals surface area contributed by atoms with Gasteiger partial charge in [0.1, 0.15) is 17.0 Å². The molecule has 0 aliphatic heterocycles. The van der Waals surface area contributed by atoms with Crippen LogP contribution in [0.4, 0.5) is 0 Å². The van der Waals surface area contributed by atoms with Crippen LogP contribution in [-0.2, 0) is 18.6 Å². The van der Waals surface area contributed by atoms with E-state index in [1.807, 2.05) is 18.3 Å². The second kappa shape index (κ2) is 12.0. The molecule has 2 saturated carbocycles. The fourth-order valence-electron chi connectivity index (χ4n) is 8.66. The molecule has 2 fully saturated rings. The van der Waals surface area contributed by atoms with E-state index in [4.69, 9.17) is 23.4 Å². The zero-order valence-corrected chi connectivity index (χ0v) is 30.9. The molecule has 9 nitrogen and oxygen atoms in total. The van der Waals surface area contributed by atoms with Crippen molar-refractivity contribution in [3.8, 4) is 28.7 Å². The van der Waals surface area contributed by atoms with E-state index in [1.165, 1.54) is 11.1 Å². The first-order chi connectivity index (χ1) is 22.2. The maximum absolute atomic E-state index is 12.5. The number of benzene rings is 2. The van der Waals surface area contributed by atoms with Crippen LogP contribution in [0.2, 0.25) is 18.1 Å². The van der Waals surface area contributed by atoms with Gasteiger partial charge in [-0.15, -0.1) is 5.10 Å². The molecule has 256 valence electrons. The predicted octanol–water partition coefficient (Wildman–Crippen LogP) is 7.49. The van der Waals surface area contributed by atoms with Crippen LogP contribution in [-0.4, -0.2) is 56.9 Å². The minimum absolute atomic E-state index is 0.105. The molecular weight excluding hydrogens is 611 g/mol. The van der Waals surface area contributed by atoms with Gasteiger partial charge in [0.15, 0.2) is 17.2 Å². The Hall–Kier alpha value is -3.24. The van der Waals surface area contributed by atoms with Crippen molar-refractivity contribution in [3.63, 3.8) is 0 Å². The fraction of sp³-hybridized carbons (Fsp3) is 0.622. The molecular formula is C37H53N3O6Si. The molecule has 0 saturated heterocycles. The number of hydrogen-bond donors (Lipinski definition) is 1. The summed E-state index contributed by atoms with van der Waals surface area (Å²) in [7, 11) is 4.55. The lowest BCUT2D eigenvalue weighted by atomic mass is 9.53. The zero-order chi connectivity index (χ0) is 33.9. The number of rotatable bonds is 9. The largest absolute Gasteiger partial charge is 0.541 e. The number of nitrogens with zero attached hydrogens (tertiary/aromatic N) is 3. The highest BCUT2D eigenvalue weighted by atomic mass is 28.4. The van der Waals surface area contributed by atoms with Crippen molar-refractivity contribution in [2.45, 2.75) is 102 Å². The van der Waals surface area contributed by atoms with Gasteiger partial charge in [-0.25, -0.2) is 4.68 Å². The van der Waals surface area contributed by atoms with Gasteiger partial charge < -0.3 is 28.5 Å². The van der Waals surface area contributed by atoms with Crippen LogP contribution in [0, 0.1) is 17.3 Å². The lowest BCUT2D eigenvalue weighted by Gasteiger charge is -2.53. The van der Waals surface area contributed by atoms with Crippen LogP contribution in [0.1, 0.15) is 88.1 Å². The fourth-order valence-corrected chi connectivity index (χ4v) is 9.68. The molecule has 0 radical (unpaired) electrons. The third kappa shape index (κ3) is 5.49. The molecule has 0 amide bonds. The van der Waals surface area contributed by atoms with Gasteiger partial charge in [-0.3, -0.25) is 0 Å². The van der Waals surface area contributed by atoms with E-state index in [0.29, 0.717) is 53.7 Å². The number of fused-ring (bicyclic) bond motifs is 5. The van der Waals surface area contributed by atoms with Gasteiger partial charge in [0, 0.05) is 5.41 Å². The van der Waals surface area contributed by atoms with Gasteiger partial charge in [-0.05, 0) is 115 Å². The van der Waals surface area contributed by atoms with E-state index in [-0.39, 0.29) is 10.5 Å². The van der Waals surface area contributed by atoms with E-state index >= 15 is 0 Å². The SMILES string of the molecule is COc1cc2c(cc1O[Si](C)(C)C(C)(C)C)CC[C@@H]1[C@@H]2CC[C@@]2(C)[C@H]1CC[C@@]2(O)c1cn(Cc2cc(OC)c(OC)c(OC)c2)nn1. The molecule has 0 bridgehead atoms. The quantitative estimate of drug-likeness (QED) is 0.235. The van der Waals surface area contributed by atoms with Crippen molar-refractivity contribution in [2.75, 3.05) is 28.4 Å². The van der Waals surface area contributed by atoms with Crippen molar-refractivity contribution in [2.24, 2.45) is 17.3 Å². The van der Waals surface area contributed by atoms with Gasteiger partial charge in [0.25, 0.3) is 8.32 Å². The van der Waals surface area contributed by atoms with Gasteiger partial charge in [-0.2, -0.15) is 0 Å². The molecule has 10 heteroatoms. The Morgan fingerprint density at radius 1 is 0.894 bits per heavy atom. The Labute approximate surface area is 281 Å². The second-order valence-corrected chi connectivity index (χ2v) is 20.4. The summed E-state index contributed by atoms with van der Waals surface area (Å²) in [6.45, 7) is 14.1. The summed E-state index contributed by atoms with van der Waals surface area (Å²) >= 11 is 0. The second-order valence-electron chi connectivity index (χ2n) is 15.7. The van der Waals surface area contributed by atoms with E-state index in [1.54, 1.807) is 33.1 Å². The highest BCUT2D eigenvalue weighted by molar-refractivity contribution is 6.74. The average molecular weight is 664 g/mol. The molecule has 1 heterocycles. The van der Waals surface area contributed by atoms with E-state index in [9.17, 15) is 5.11 Å². The third-order valence-corrected chi connectivity index (χ3v) is 16.7. The number of aromatic nitrogens is 3. The predicted molar refractivity (Wildman–Crippen MR) is 185 cm³/mol. The molecule has 0 spiro atoms. The first-order valence-corrected chi connectivity index (χ1v) is 19.9. The van der Waals surface area contributed by atoms with E-state index in [0.717, 1.165) is 49.2 Å². The summed E-state index contributed by atoms with van der Waals surface area (Å²) < 4.78 is 31.1. The van der Waals surface area contributed by atoms with Gasteiger partial charge in [0.2, 0.25) is 5.75 Å². The number of aliphatic hydroxyl groups is 1. The number of methoxy groups -OCH3 is 4. The molecule has 3 aromatic rings. The minimum atomic E-state index is -2.02. The lowest BCUT2D eigenvalue weighted by Crippen LogP contribution is -2.49. The maximum Gasteiger partial charge on any atom is 0.250 e. The summed E-state index contributed by atoms with van der Waals surface area (Å²) in [5.74, 6) is 4.82. The Morgan fingerprint density at radius 2 is 1.57 bits per heavy atom.